The number of amides is 4. The van der Waals surface area contributed by atoms with Crippen LogP contribution in [0.15, 0.2) is 103 Å². The number of phenols is 2. The van der Waals surface area contributed by atoms with Gasteiger partial charge in [0.25, 0.3) is 11.8 Å². The molecule has 0 saturated carbocycles. The van der Waals surface area contributed by atoms with Gasteiger partial charge < -0.3 is 40.1 Å². The predicted molar refractivity (Wildman–Crippen MR) is 227 cm³/mol. The summed E-state index contributed by atoms with van der Waals surface area (Å²) in [5.74, 6) is -1.40. The van der Waals surface area contributed by atoms with Crippen LogP contribution in [0, 0.1) is 0 Å². The predicted octanol–water partition coefficient (Wildman–Crippen LogP) is 3.90. The molecule has 324 valence electrons. The first-order valence-electron chi connectivity index (χ1n) is 20.9. The number of benzene rings is 4. The number of Topliss-reactive ketones (excluding diaryl/α,β-unsaturated/α-hetero) is 2. The normalized spacial score (nSPS) is 21.3. The van der Waals surface area contributed by atoms with Crippen molar-refractivity contribution in [2.24, 2.45) is 0 Å². The van der Waals surface area contributed by atoms with E-state index in [2.05, 4.69) is 31.4 Å². The molecule has 0 aliphatic carbocycles. The number of carbonyl (C=O) groups excluding carboxylic acids is 6. The molecule has 4 amide bonds. The quantitative estimate of drug-likeness (QED) is 0.182. The van der Waals surface area contributed by atoms with Crippen molar-refractivity contribution in [3.63, 3.8) is 0 Å². The number of aromatic hydroxyl groups is 2. The minimum absolute atomic E-state index is 0.0167. The molecule has 4 saturated heterocycles. The van der Waals surface area contributed by atoms with Gasteiger partial charge >= 0.3 is 0 Å². The zero-order valence-electron chi connectivity index (χ0n) is 35.0. The van der Waals surface area contributed by atoms with Crippen LogP contribution in [-0.2, 0) is 46.9 Å². The van der Waals surface area contributed by atoms with E-state index in [0.717, 1.165) is 5.56 Å². The number of likely N-dealkylation sites (tertiary alicyclic amines) is 2. The summed E-state index contributed by atoms with van der Waals surface area (Å²) in [5.41, 5.74) is 3.39. The average molecular weight is 845 g/mol. The third-order valence-corrected chi connectivity index (χ3v) is 11.7. The maximum Gasteiger partial charge on any atom is 0.251 e. The fraction of sp³-hybridized carbons (Fsp3) is 0.375. The van der Waals surface area contributed by atoms with Crippen molar-refractivity contribution in [2.75, 3.05) is 26.3 Å². The highest BCUT2D eigenvalue weighted by molar-refractivity contribution is 6.00. The molecule has 8 rings (SSSR count). The molecule has 4 aliphatic rings. The lowest BCUT2D eigenvalue weighted by Gasteiger charge is -2.28. The monoisotopic (exact) mass is 844 g/mol. The van der Waals surface area contributed by atoms with Gasteiger partial charge in [0, 0.05) is 37.1 Å². The van der Waals surface area contributed by atoms with Crippen molar-refractivity contribution in [1.82, 2.24) is 20.4 Å². The lowest BCUT2D eigenvalue weighted by molar-refractivity contribution is -0.138. The lowest BCUT2D eigenvalue weighted by Crippen LogP contribution is -2.53. The molecule has 62 heavy (non-hydrogen) atoms. The Morgan fingerprint density at radius 3 is 1.48 bits per heavy atom. The Morgan fingerprint density at radius 1 is 0.629 bits per heavy atom. The van der Waals surface area contributed by atoms with E-state index in [1.807, 2.05) is 18.2 Å². The molecule has 4 aromatic rings. The Labute approximate surface area is 360 Å². The summed E-state index contributed by atoms with van der Waals surface area (Å²) in [4.78, 5) is 80.2. The fourth-order valence-electron chi connectivity index (χ4n) is 8.52. The molecule has 4 aliphatic heterocycles. The van der Waals surface area contributed by atoms with Crippen LogP contribution >= 0.6 is 0 Å². The molecule has 14 nitrogen and oxygen atoms in total. The zero-order chi connectivity index (χ0) is 44.1. The summed E-state index contributed by atoms with van der Waals surface area (Å²) in [7, 11) is 0. The molecule has 0 bridgehead atoms. The van der Waals surface area contributed by atoms with Crippen LogP contribution in [0.5, 0.6) is 11.5 Å². The van der Waals surface area contributed by atoms with Crippen molar-refractivity contribution < 1.29 is 48.5 Å². The SMILES string of the molecule is CC(C)(C)c1ccc(C(=O)NC(Cc2cccc(O)c2)C(=O)N2CCC3OCC(=O)C32)cc1.O=C(NC(Cc1cccc(O)c1)C(=O)N1CCC2OCC(=O)C21)c1ccccc1. The zero-order valence-corrected chi connectivity index (χ0v) is 35.0. The molecule has 6 unspecified atom stereocenters. The van der Waals surface area contributed by atoms with Gasteiger partial charge in [-0.05, 0) is 83.5 Å². The van der Waals surface area contributed by atoms with E-state index >= 15 is 0 Å². The van der Waals surface area contributed by atoms with E-state index in [9.17, 15) is 39.0 Å². The number of rotatable bonds is 10. The number of nitrogens with one attached hydrogen (secondary N) is 2. The second-order valence-corrected chi connectivity index (χ2v) is 17.2. The summed E-state index contributed by atoms with van der Waals surface area (Å²) < 4.78 is 11.0. The Morgan fingerprint density at radius 2 is 1.06 bits per heavy atom. The molecular formula is C48H52N4O10. The highest BCUT2D eigenvalue weighted by Crippen LogP contribution is 2.30. The number of carbonyl (C=O) groups is 6. The minimum atomic E-state index is -0.881. The number of ketones is 2. The van der Waals surface area contributed by atoms with Gasteiger partial charge in [-0.3, -0.25) is 28.8 Å². The van der Waals surface area contributed by atoms with Crippen LogP contribution in [0.25, 0.3) is 0 Å². The first kappa shape index (κ1) is 43.7. The topological polar surface area (TPSA) is 192 Å². The van der Waals surface area contributed by atoms with Crippen LogP contribution in [0.3, 0.4) is 0 Å². The number of hydrogen-bond acceptors (Lipinski definition) is 10. The van der Waals surface area contributed by atoms with Gasteiger partial charge in [-0.2, -0.15) is 0 Å². The van der Waals surface area contributed by atoms with E-state index in [1.54, 1.807) is 84.9 Å². The van der Waals surface area contributed by atoms with Crippen molar-refractivity contribution >= 4 is 35.2 Å². The molecule has 4 fully saturated rings. The number of nitrogens with zero attached hydrogens (tertiary/aromatic N) is 2. The highest BCUT2D eigenvalue weighted by atomic mass is 16.5. The molecular weight excluding hydrogens is 793 g/mol. The van der Waals surface area contributed by atoms with Gasteiger partial charge in [0.05, 0.1) is 12.2 Å². The number of phenolic OH excluding ortho intramolecular Hbond substituents is 2. The Hall–Kier alpha value is -6.38. The maximum atomic E-state index is 13.5. The van der Waals surface area contributed by atoms with Crippen LogP contribution in [0.4, 0.5) is 0 Å². The summed E-state index contributed by atoms with van der Waals surface area (Å²) in [5, 5.41) is 25.3. The van der Waals surface area contributed by atoms with E-state index in [0.29, 0.717) is 48.2 Å². The van der Waals surface area contributed by atoms with Crippen molar-refractivity contribution in [2.45, 2.75) is 88.2 Å². The van der Waals surface area contributed by atoms with Gasteiger partial charge in [0.2, 0.25) is 11.8 Å². The average Bonchev–Trinajstić information content (AvgIpc) is 4.05. The molecule has 0 aromatic heterocycles. The Balaban J connectivity index is 0.000000188. The molecule has 4 aromatic carbocycles. The molecule has 0 radical (unpaired) electrons. The molecule has 14 heteroatoms. The Bertz CT molecular complexity index is 2310. The number of fused-ring (bicyclic) bond motifs is 2. The van der Waals surface area contributed by atoms with Crippen LogP contribution in [0.1, 0.15) is 71.0 Å². The second-order valence-electron chi connectivity index (χ2n) is 17.2. The molecule has 4 N–H and O–H groups in total. The first-order chi connectivity index (χ1) is 29.7. The van der Waals surface area contributed by atoms with Crippen LogP contribution in [-0.4, -0.2) is 118 Å². The number of hydrogen-bond donors (Lipinski definition) is 4. The van der Waals surface area contributed by atoms with Crippen LogP contribution in [0.2, 0.25) is 0 Å². The lowest BCUT2D eigenvalue weighted by atomic mass is 9.86. The number of ether oxygens (including phenoxy) is 2. The van der Waals surface area contributed by atoms with Crippen LogP contribution < -0.4 is 10.6 Å². The molecule has 4 heterocycles. The van der Waals surface area contributed by atoms with E-state index in [-0.39, 0.29) is 90.4 Å². The van der Waals surface area contributed by atoms with Crippen molar-refractivity contribution in [1.29, 1.82) is 0 Å². The van der Waals surface area contributed by atoms with E-state index < -0.39 is 24.2 Å². The molecule has 0 spiro atoms. The standard InChI is InChI=1S/C26H30N2O5.C22H22N2O5/c1-26(2,3)18-9-7-17(8-10-18)24(31)27-20(14-16-5-4-6-19(29)13-16)25(32)28-12-11-22-23(28)21(30)15-33-22;25-16-8-4-5-14(11-16)12-17(23-21(27)15-6-2-1-3-7-15)22(28)24-10-9-19-20(24)18(26)13-29-19/h4-10,13,20,22-23,29H,11-12,14-15H2,1-3H3,(H,27,31);1-8,11,17,19-20,25H,9-10,12-13H2,(H,23,27). The minimum Gasteiger partial charge on any atom is -0.508 e. The van der Waals surface area contributed by atoms with Gasteiger partial charge in [0.1, 0.15) is 48.9 Å². The summed E-state index contributed by atoms with van der Waals surface area (Å²) in [6, 6.07) is 26.3. The molecule has 6 atom stereocenters. The largest absolute Gasteiger partial charge is 0.508 e. The van der Waals surface area contributed by atoms with Crippen molar-refractivity contribution in [3.8, 4) is 11.5 Å². The maximum absolute atomic E-state index is 13.5. The van der Waals surface area contributed by atoms with Gasteiger partial charge in [-0.1, -0.05) is 75.4 Å². The summed E-state index contributed by atoms with van der Waals surface area (Å²) in [6.07, 6.45) is 1.06. The van der Waals surface area contributed by atoms with E-state index in [4.69, 9.17) is 9.47 Å². The van der Waals surface area contributed by atoms with Gasteiger partial charge in [-0.15, -0.1) is 0 Å². The highest BCUT2D eigenvalue weighted by Gasteiger charge is 2.49. The smallest absolute Gasteiger partial charge is 0.251 e. The fourth-order valence-corrected chi connectivity index (χ4v) is 8.52. The summed E-state index contributed by atoms with van der Waals surface area (Å²) >= 11 is 0. The van der Waals surface area contributed by atoms with Crippen molar-refractivity contribution in [3.05, 3.63) is 131 Å². The Kier molecular flexibility index (Phi) is 13.2. The second kappa shape index (κ2) is 18.7. The first-order valence-corrected chi connectivity index (χ1v) is 20.9. The third-order valence-electron chi connectivity index (χ3n) is 11.7. The third kappa shape index (κ3) is 10.0. The van der Waals surface area contributed by atoms with Gasteiger partial charge in [0.15, 0.2) is 11.6 Å². The summed E-state index contributed by atoms with van der Waals surface area (Å²) in [6.45, 7) is 7.16. The van der Waals surface area contributed by atoms with E-state index in [1.165, 1.54) is 9.80 Å². The van der Waals surface area contributed by atoms with Gasteiger partial charge in [-0.25, -0.2) is 0 Å².